The van der Waals surface area contributed by atoms with E-state index in [0.717, 1.165) is 16.4 Å². The first-order chi connectivity index (χ1) is 14.8. The predicted octanol–water partition coefficient (Wildman–Crippen LogP) is 2.82. The molecule has 164 valence electrons. The van der Waals surface area contributed by atoms with Crippen molar-refractivity contribution in [2.24, 2.45) is 0 Å². The second kappa shape index (κ2) is 9.87. The van der Waals surface area contributed by atoms with E-state index in [4.69, 9.17) is 4.74 Å². The lowest BCUT2D eigenvalue weighted by molar-refractivity contribution is -0.134. The van der Waals surface area contributed by atoms with Crippen LogP contribution in [0.4, 0.5) is 4.79 Å². The van der Waals surface area contributed by atoms with Gasteiger partial charge in [0.1, 0.15) is 17.8 Å². The Morgan fingerprint density at radius 1 is 1.13 bits per heavy atom. The number of hydrogen-bond donors (Lipinski definition) is 2. The second-order valence-corrected chi connectivity index (χ2v) is 8.67. The van der Waals surface area contributed by atoms with Crippen molar-refractivity contribution in [1.82, 2.24) is 15.5 Å². The average molecular weight is 442 g/mol. The summed E-state index contributed by atoms with van der Waals surface area (Å²) in [6, 6.07) is 14.7. The molecule has 1 fully saturated rings. The van der Waals surface area contributed by atoms with Crippen molar-refractivity contribution in [2.75, 3.05) is 26.0 Å². The SMILES string of the molecule is COc1ccc(C2(C)NC(=O)N(CC(=O)NCCSCc3ccc(C)cc3)C2=O)cc1. The maximum Gasteiger partial charge on any atom is 0.325 e. The molecule has 0 saturated carbocycles. The molecule has 0 bridgehead atoms. The first-order valence-corrected chi connectivity index (χ1v) is 11.2. The Kier molecular flexibility index (Phi) is 7.22. The Labute approximate surface area is 186 Å². The summed E-state index contributed by atoms with van der Waals surface area (Å²) in [7, 11) is 1.56. The van der Waals surface area contributed by atoms with Crippen LogP contribution in [0.2, 0.25) is 0 Å². The van der Waals surface area contributed by atoms with Crippen molar-refractivity contribution in [3.05, 3.63) is 65.2 Å². The van der Waals surface area contributed by atoms with Crippen LogP contribution < -0.4 is 15.4 Å². The molecule has 0 aliphatic carbocycles. The standard InChI is InChI=1S/C23H27N3O4S/c1-16-4-6-17(7-5-16)15-31-13-12-24-20(27)14-26-21(28)23(2,25-22(26)29)18-8-10-19(30-3)11-9-18/h4-11H,12-15H2,1-3H3,(H,24,27)(H,25,29). The number of carbonyl (C=O) groups is 3. The molecule has 1 saturated heterocycles. The number of imide groups is 1. The van der Waals surface area contributed by atoms with Gasteiger partial charge in [-0.05, 0) is 37.1 Å². The molecular weight excluding hydrogens is 414 g/mol. The molecule has 0 spiro atoms. The van der Waals surface area contributed by atoms with Crippen LogP contribution in [0.25, 0.3) is 0 Å². The van der Waals surface area contributed by atoms with Gasteiger partial charge in [-0.1, -0.05) is 42.0 Å². The zero-order chi connectivity index (χ0) is 22.4. The second-order valence-electron chi connectivity index (χ2n) is 7.56. The van der Waals surface area contributed by atoms with Crippen molar-refractivity contribution in [3.8, 4) is 5.75 Å². The maximum absolute atomic E-state index is 12.9. The van der Waals surface area contributed by atoms with Crippen molar-refractivity contribution in [2.45, 2.75) is 25.1 Å². The number of nitrogens with one attached hydrogen (secondary N) is 2. The lowest BCUT2D eigenvalue weighted by atomic mass is 9.92. The van der Waals surface area contributed by atoms with Crippen molar-refractivity contribution < 1.29 is 19.1 Å². The van der Waals surface area contributed by atoms with E-state index >= 15 is 0 Å². The van der Waals surface area contributed by atoms with Crippen molar-refractivity contribution in [1.29, 1.82) is 0 Å². The largest absolute Gasteiger partial charge is 0.497 e. The van der Waals surface area contributed by atoms with Gasteiger partial charge < -0.3 is 15.4 Å². The number of urea groups is 1. The zero-order valence-electron chi connectivity index (χ0n) is 17.9. The molecule has 2 aromatic rings. The van der Waals surface area contributed by atoms with Gasteiger partial charge in [-0.25, -0.2) is 4.79 Å². The summed E-state index contributed by atoms with van der Waals surface area (Å²) in [5.74, 6) is 1.44. The number of methoxy groups -OCH3 is 1. The van der Waals surface area contributed by atoms with Crippen LogP contribution in [0.1, 0.15) is 23.6 Å². The number of thioether (sulfide) groups is 1. The van der Waals surface area contributed by atoms with Gasteiger partial charge in [0, 0.05) is 18.1 Å². The number of nitrogens with zero attached hydrogens (tertiary/aromatic N) is 1. The molecule has 1 unspecified atom stereocenters. The number of ether oxygens (including phenoxy) is 1. The normalized spacial score (nSPS) is 18.1. The number of aryl methyl sites for hydroxylation is 1. The van der Waals surface area contributed by atoms with Gasteiger partial charge in [-0.15, -0.1) is 0 Å². The quantitative estimate of drug-likeness (QED) is 0.462. The van der Waals surface area contributed by atoms with Gasteiger partial charge in [0.15, 0.2) is 0 Å². The highest BCUT2D eigenvalue weighted by Gasteiger charge is 2.49. The monoisotopic (exact) mass is 441 g/mol. The van der Waals surface area contributed by atoms with Crippen LogP contribution >= 0.6 is 11.8 Å². The van der Waals surface area contributed by atoms with Crippen LogP contribution in [0.5, 0.6) is 5.75 Å². The van der Waals surface area contributed by atoms with Crippen LogP contribution in [-0.2, 0) is 20.9 Å². The number of benzene rings is 2. The van der Waals surface area contributed by atoms with Gasteiger partial charge in [0.2, 0.25) is 5.91 Å². The minimum Gasteiger partial charge on any atom is -0.497 e. The third kappa shape index (κ3) is 5.38. The van der Waals surface area contributed by atoms with Gasteiger partial charge in [-0.3, -0.25) is 14.5 Å². The first kappa shape index (κ1) is 22.7. The molecule has 8 heteroatoms. The van der Waals surface area contributed by atoms with E-state index in [1.807, 2.05) is 0 Å². The molecule has 1 atom stereocenters. The zero-order valence-corrected chi connectivity index (χ0v) is 18.8. The van der Waals surface area contributed by atoms with Gasteiger partial charge >= 0.3 is 6.03 Å². The highest BCUT2D eigenvalue weighted by molar-refractivity contribution is 7.98. The molecule has 0 aromatic heterocycles. The van der Waals surface area contributed by atoms with E-state index in [1.165, 1.54) is 11.1 Å². The van der Waals surface area contributed by atoms with E-state index in [2.05, 4.69) is 41.8 Å². The summed E-state index contributed by atoms with van der Waals surface area (Å²) >= 11 is 1.71. The minimum atomic E-state index is -1.21. The van der Waals surface area contributed by atoms with E-state index in [0.29, 0.717) is 17.9 Å². The van der Waals surface area contributed by atoms with Gasteiger partial charge in [-0.2, -0.15) is 11.8 Å². The Morgan fingerprint density at radius 3 is 2.45 bits per heavy atom. The molecule has 3 rings (SSSR count). The molecule has 2 N–H and O–H groups in total. The highest BCUT2D eigenvalue weighted by atomic mass is 32.2. The fourth-order valence-electron chi connectivity index (χ4n) is 3.30. The summed E-state index contributed by atoms with van der Waals surface area (Å²) < 4.78 is 5.13. The molecule has 1 heterocycles. The predicted molar refractivity (Wildman–Crippen MR) is 121 cm³/mol. The molecule has 1 aliphatic rings. The summed E-state index contributed by atoms with van der Waals surface area (Å²) in [5.41, 5.74) is 1.87. The third-order valence-corrected chi connectivity index (χ3v) is 6.23. The van der Waals surface area contributed by atoms with Crippen LogP contribution in [0.15, 0.2) is 48.5 Å². The Hall–Kier alpha value is -3.00. The third-order valence-electron chi connectivity index (χ3n) is 5.20. The highest BCUT2D eigenvalue weighted by Crippen LogP contribution is 2.29. The van der Waals surface area contributed by atoms with Gasteiger partial charge in [0.05, 0.1) is 7.11 Å². The van der Waals surface area contributed by atoms with Crippen LogP contribution in [0, 0.1) is 6.92 Å². The Bertz CT molecular complexity index is 946. The Morgan fingerprint density at radius 2 is 1.81 bits per heavy atom. The molecule has 2 aromatic carbocycles. The molecule has 31 heavy (non-hydrogen) atoms. The molecule has 7 nitrogen and oxygen atoms in total. The van der Waals surface area contributed by atoms with Crippen molar-refractivity contribution in [3.63, 3.8) is 0 Å². The number of hydrogen-bond acceptors (Lipinski definition) is 5. The summed E-state index contributed by atoms with van der Waals surface area (Å²) in [6.45, 7) is 3.85. The maximum atomic E-state index is 12.9. The summed E-state index contributed by atoms with van der Waals surface area (Å²) in [5, 5.41) is 5.48. The summed E-state index contributed by atoms with van der Waals surface area (Å²) in [4.78, 5) is 38.5. The van der Waals surface area contributed by atoms with E-state index in [9.17, 15) is 14.4 Å². The van der Waals surface area contributed by atoms with Crippen LogP contribution in [-0.4, -0.2) is 48.7 Å². The average Bonchev–Trinajstić information content (AvgIpc) is 2.98. The smallest absolute Gasteiger partial charge is 0.325 e. The van der Waals surface area contributed by atoms with Crippen molar-refractivity contribution >= 4 is 29.6 Å². The van der Waals surface area contributed by atoms with Gasteiger partial charge in [0.25, 0.3) is 5.91 Å². The number of rotatable bonds is 9. The van der Waals surface area contributed by atoms with E-state index in [1.54, 1.807) is 50.1 Å². The van der Waals surface area contributed by atoms with E-state index in [-0.39, 0.29) is 12.5 Å². The first-order valence-electron chi connectivity index (χ1n) is 10.0. The van der Waals surface area contributed by atoms with Crippen LogP contribution in [0.3, 0.4) is 0 Å². The lowest BCUT2D eigenvalue weighted by Gasteiger charge is -2.22. The van der Waals surface area contributed by atoms with E-state index < -0.39 is 17.5 Å². The fraction of sp³-hybridized carbons (Fsp3) is 0.348. The number of amides is 4. The molecule has 0 radical (unpaired) electrons. The summed E-state index contributed by atoms with van der Waals surface area (Å²) in [6.07, 6.45) is 0. The fourth-order valence-corrected chi connectivity index (χ4v) is 4.12. The number of carbonyl (C=O) groups excluding carboxylic acids is 3. The molecular formula is C23H27N3O4S. The lowest BCUT2D eigenvalue weighted by Crippen LogP contribution is -2.43. The topological polar surface area (TPSA) is 87.7 Å². The Balaban J connectivity index is 1.47. The molecule has 1 aliphatic heterocycles. The minimum absolute atomic E-state index is 0.307. The molecule has 4 amide bonds.